The van der Waals surface area contributed by atoms with Gasteiger partial charge < -0.3 is 14.2 Å². The Hall–Kier alpha value is -3.54. The van der Waals surface area contributed by atoms with Crippen LogP contribution in [0.3, 0.4) is 0 Å². The molecule has 0 aliphatic heterocycles. The van der Waals surface area contributed by atoms with Gasteiger partial charge in [0.25, 0.3) is 5.91 Å². The minimum atomic E-state index is -0.162. The topological polar surface area (TPSA) is 60.9 Å². The summed E-state index contributed by atoms with van der Waals surface area (Å²) in [5.41, 5.74) is 1.43. The quantitative estimate of drug-likeness (QED) is 0.514. The van der Waals surface area contributed by atoms with E-state index in [9.17, 15) is 4.79 Å². The van der Waals surface area contributed by atoms with Gasteiger partial charge in [-0.1, -0.05) is 25.1 Å². The number of carbonyl (C=O) groups excluding carboxylic acids is 1. The molecule has 0 bridgehead atoms. The highest BCUT2D eigenvalue weighted by Gasteiger charge is 2.20. The Labute approximate surface area is 177 Å². The van der Waals surface area contributed by atoms with Gasteiger partial charge in [-0.15, -0.1) is 0 Å². The largest absolute Gasteiger partial charge is 0.494 e. The monoisotopic (exact) mass is 406 g/mol. The van der Waals surface area contributed by atoms with Crippen molar-refractivity contribution in [1.82, 2.24) is 4.98 Å². The molecule has 0 aliphatic rings. The minimum absolute atomic E-state index is 0.162. The number of carbonyl (C=O) groups is 1. The van der Waals surface area contributed by atoms with Gasteiger partial charge in [-0.25, -0.2) is 4.98 Å². The zero-order chi connectivity index (χ0) is 21.3. The molecular weight excluding hydrogens is 380 g/mol. The predicted molar refractivity (Wildman–Crippen MR) is 117 cm³/mol. The van der Waals surface area contributed by atoms with E-state index in [2.05, 4.69) is 4.98 Å². The van der Waals surface area contributed by atoms with Gasteiger partial charge in [0.1, 0.15) is 11.6 Å². The normalized spacial score (nSPS) is 10.4. The number of hydrogen-bond donors (Lipinski definition) is 0. The molecule has 0 spiro atoms. The van der Waals surface area contributed by atoms with Crippen molar-refractivity contribution in [3.63, 3.8) is 0 Å². The molecular formula is C24H26N2O4. The molecule has 1 heterocycles. The lowest BCUT2D eigenvalue weighted by molar-refractivity contribution is 0.0984. The third-order valence-electron chi connectivity index (χ3n) is 4.51. The predicted octanol–water partition coefficient (Wildman–Crippen LogP) is 4.73. The molecule has 6 heteroatoms. The molecule has 0 unspecified atom stereocenters. The molecule has 0 radical (unpaired) electrons. The molecule has 2 aromatic carbocycles. The average molecular weight is 406 g/mol. The molecule has 6 nitrogen and oxygen atoms in total. The smallest absolute Gasteiger partial charge is 0.259 e. The fourth-order valence-corrected chi connectivity index (χ4v) is 3.03. The van der Waals surface area contributed by atoms with Crippen LogP contribution in [0.25, 0.3) is 0 Å². The van der Waals surface area contributed by atoms with Crippen LogP contribution in [0.2, 0.25) is 0 Å². The molecule has 3 rings (SSSR count). The molecule has 0 atom stereocenters. The van der Waals surface area contributed by atoms with Gasteiger partial charge in [0.15, 0.2) is 11.5 Å². The van der Waals surface area contributed by atoms with E-state index in [1.54, 1.807) is 37.4 Å². The highest BCUT2D eigenvalue weighted by atomic mass is 16.5. The Morgan fingerprint density at radius 2 is 1.80 bits per heavy atom. The van der Waals surface area contributed by atoms with Crippen molar-refractivity contribution in [3.05, 3.63) is 78.0 Å². The summed E-state index contributed by atoms with van der Waals surface area (Å²) in [5.74, 6) is 2.33. The first-order valence-electron chi connectivity index (χ1n) is 9.83. The Bertz CT molecular complexity index is 976. The second kappa shape index (κ2) is 10.3. The molecule has 0 saturated carbocycles. The van der Waals surface area contributed by atoms with E-state index in [1.165, 1.54) is 0 Å². The van der Waals surface area contributed by atoms with Crippen LogP contribution in [0.15, 0.2) is 66.9 Å². The third kappa shape index (κ3) is 5.08. The molecule has 156 valence electrons. The van der Waals surface area contributed by atoms with Crippen LogP contribution >= 0.6 is 0 Å². The minimum Gasteiger partial charge on any atom is -0.494 e. The van der Waals surface area contributed by atoms with E-state index in [0.717, 1.165) is 12.0 Å². The molecule has 0 N–H and O–H groups in total. The highest BCUT2D eigenvalue weighted by molar-refractivity contribution is 6.05. The molecule has 0 aliphatic carbocycles. The van der Waals surface area contributed by atoms with Crippen LogP contribution < -0.4 is 19.1 Å². The van der Waals surface area contributed by atoms with Gasteiger partial charge in [0, 0.05) is 11.8 Å². The summed E-state index contributed by atoms with van der Waals surface area (Å²) < 4.78 is 16.4. The van der Waals surface area contributed by atoms with Crippen molar-refractivity contribution in [2.45, 2.75) is 19.9 Å². The Morgan fingerprint density at radius 1 is 0.967 bits per heavy atom. The number of hydrogen-bond acceptors (Lipinski definition) is 5. The Morgan fingerprint density at radius 3 is 2.50 bits per heavy atom. The average Bonchev–Trinajstić information content (AvgIpc) is 2.81. The maximum atomic E-state index is 13.4. The van der Waals surface area contributed by atoms with E-state index < -0.39 is 0 Å². The number of anilines is 1. The molecule has 0 fully saturated rings. The first-order valence-corrected chi connectivity index (χ1v) is 9.83. The maximum Gasteiger partial charge on any atom is 0.259 e. The number of nitrogens with zero attached hydrogens (tertiary/aromatic N) is 2. The van der Waals surface area contributed by atoms with Gasteiger partial charge in [-0.2, -0.15) is 0 Å². The van der Waals surface area contributed by atoms with Crippen molar-refractivity contribution in [1.29, 1.82) is 0 Å². The zero-order valence-corrected chi connectivity index (χ0v) is 17.5. The fourth-order valence-electron chi connectivity index (χ4n) is 3.03. The number of pyridine rings is 1. The van der Waals surface area contributed by atoms with E-state index in [4.69, 9.17) is 14.2 Å². The van der Waals surface area contributed by atoms with E-state index in [0.29, 0.717) is 41.8 Å². The van der Waals surface area contributed by atoms with Crippen LogP contribution in [0.5, 0.6) is 17.2 Å². The van der Waals surface area contributed by atoms with Crippen LogP contribution in [-0.2, 0) is 6.54 Å². The third-order valence-corrected chi connectivity index (χ3v) is 4.51. The highest BCUT2D eigenvalue weighted by Crippen LogP contribution is 2.29. The van der Waals surface area contributed by atoms with Crippen LogP contribution in [-0.4, -0.2) is 31.7 Å². The molecule has 0 saturated heterocycles. The first kappa shape index (κ1) is 21.2. The number of methoxy groups -OCH3 is 2. The number of aromatic nitrogens is 1. The lowest BCUT2D eigenvalue weighted by atomic mass is 10.1. The van der Waals surface area contributed by atoms with Crippen LogP contribution in [0.4, 0.5) is 5.82 Å². The Kier molecular flexibility index (Phi) is 7.27. The van der Waals surface area contributed by atoms with Crippen molar-refractivity contribution < 1.29 is 19.0 Å². The van der Waals surface area contributed by atoms with E-state index >= 15 is 0 Å². The van der Waals surface area contributed by atoms with Gasteiger partial charge in [-0.05, 0) is 54.4 Å². The van der Waals surface area contributed by atoms with Gasteiger partial charge in [-0.3, -0.25) is 9.69 Å². The SMILES string of the molecule is CCCOc1cccc(C(=O)N(Cc2ccc(OC)c(OC)c2)c2ccccn2)c1. The lowest BCUT2D eigenvalue weighted by Gasteiger charge is -2.23. The summed E-state index contributed by atoms with van der Waals surface area (Å²) in [6.07, 6.45) is 2.57. The van der Waals surface area contributed by atoms with Crippen molar-refractivity contribution in [2.24, 2.45) is 0 Å². The van der Waals surface area contributed by atoms with Gasteiger partial charge in [0.2, 0.25) is 0 Å². The van der Waals surface area contributed by atoms with E-state index in [1.807, 2.05) is 55.5 Å². The fraction of sp³-hybridized carbons (Fsp3) is 0.250. The van der Waals surface area contributed by atoms with Crippen LogP contribution in [0.1, 0.15) is 29.3 Å². The van der Waals surface area contributed by atoms with E-state index in [-0.39, 0.29) is 5.91 Å². The summed E-state index contributed by atoms with van der Waals surface area (Å²) >= 11 is 0. The van der Waals surface area contributed by atoms with Crippen molar-refractivity contribution >= 4 is 11.7 Å². The summed E-state index contributed by atoms with van der Waals surface area (Å²) in [6, 6.07) is 18.3. The standard InChI is InChI=1S/C24H26N2O4/c1-4-14-30-20-9-7-8-19(16-20)24(27)26(23-10-5-6-13-25-23)17-18-11-12-21(28-2)22(15-18)29-3/h5-13,15-16H,4,14,17H2,1-3H3. The zero-order valence-electron chi connectivity index (χ0n) is 17.5. The second-order valence-electron chi connectivity index (χ2n) is 6.64. The second-order valence-corrected chi connectivity index (χ2v) is 6.64. The number of amides is 1. The van der Waals surface area contributed by atoms with Gasteiger partial charge >= 0.3 is 0 Å². The molecule has 3 aromatic rings. The van der Waals surface area contributed by atoms with Gasteiger partial charge in [0.05, 0.1) is 27.4 Å². The summed E-state index contributed by atoms with van der Waals surface area (Å²) in [6.45, 7) is 2.98. The van der Waals surface area contributed by atoms with Crippen LogP contribution in [0, 0.1) is 0 Å². The molecule has 1 amide bonds. The number of rotatable bonds is 9. The summed E-state index contributed by atoms with van der Waals surface area (Å²) in [5, 5.41) is 0. The lowest BCUT2D eigenvalue weighted by Crippen LogP contribution is -2.31. The Balaban J connectivity index is 1.93. The summed E-state index contributed by atoms with van der Waals surface area (Å²) in [7, 11) is 3.18. The maximum absolute atomic E-state index is 13.4. The number of ether oxygens (including phenoxy) is 3. The molecule has 1 aromatic heterocycles. The first-order chi connectivity index (χ1) is 14.7. The summed E-state index contributed by atoms with van der Waals surface area (Å²) in [4.78, 5) is 19.5. The molecule has 30 heavy (non-hydrogen) atoms. The number of benzene rings is 2. The van der Waals surface area contributed by atoms with Crippen molar-refractivity contribution in [2.75, 3.05) is 25.7 Å². The van der Waals surface area contributed by atoms with Crippen molar-refractivity contribution in [3.8, 4) is 17.2 Å².